The summed E-state index contributed by atoms with van der Waals surface area (Å²) in [7, 11) is 0. The molecular weight excluding hydrogens is 287 g/mol. The first kappa shape index (κ1) is 15.3. The molecule has 4 nitrogen and oxygen atoms in total. The van der Waals surface area contributed by atoms with Gasteiger partial charge in [0, 0.05) is 12.2 Å². The fourth-order valence-electron chi connectivity index (χ4n) is 2.09. The summed E-state index contributed by atoms with van der Waals surface area (Å²) >= 11 is 4.93. The Balaban J connectivity index is 2.18. The number of nitrogens with zero attached hydrogens (tertiary/aromatic N) is 2. The van der Waals surface area contributed by atoms with Crippen LogP contribution in [0.25, 0.3) is 0 Å². The molecule has 2 aromatic rings. The highest BCUT2D eigenvalue weighted by Crippen LogP contribution is 2.15. The average Bonchev–Trinajstić information content (AvgIpc) is 2.41. The van der Waals surface area contributed by atoms with Crippen LogP contribution in [0.3, 0.4) is 0 Å². The fraction of sp³-hybridized carbons (Fsp3) is 0.267. The van der Waals surface area contributed by atoms with Gasteiger partial charge in [-0.3, -0.25) is 0 Å². The molecule has 0 fully saturated rings. The molecule has 0 radical (unpaired) electrons. The lowest BCUT2D eigenvalue weighted by Gasteiger charge is -2.10. The molecular formula is C15H17FN4S. The van der Waals surface area contributed by atoms with E-state index >= 15 is 0 Å². The number of thiocarbonyl (C=S) groups is 1. The first-order valence-electron chi connectivity index (χ1n) is 6.52. The van der Waals surface area contributed by atoms with E-state index < -0.39 is 0 Å². The Morgan fingerprint density at radius 1 is 1.19 bits per heavy atom. The molecule has 21 heavy (non-hydrogen) atoms. The second-order valence-corrected chi connectivity index (χ2v) is 5.42. The number of aromatic nitrogens is 2. The van der Waals surface area contributed by atoms with Gasteiger partial charge in [0.25, 0.3) is 0 Å². The summed E-state index contributed by atoms with van der Waals surface area (Å²) < 4.78 is 13.6. The molecule has 0 bridgehead atoms. The number of nitrogens with two attached hydrogens (primary N) is 1. The minimum absolute atomic E-state index is 0.165. The van der Waals surface area contributed by atoms with Crippen LogP contribution in [0, 0.1) is 26.6 Å². The Labute approximate surface area is 128 Å². The number of hydrogen-bond donors (Lipinski definition) is 2. The number of anilines is 1. The minimum Gasteiger partial charge on any atom is -0.388 e. The van der Waals surface area contributed by atoms with Crippen molar-refractivity contribution in [3.05, 3.63) is 52.1 Å². The molecule has 0 saturated heterocycles. The van der Waals surface area contributed by atoms with Crippen molar-refractivity contribution in [1.82, 2.24) is 9.97 Å². The molecule has 6 heteroatoms. The molecule has 0 amide bonds. The second-order valence-electron chi connectivity index (χ2n) is 4.98. The summed E-state index contributed by atoms with van der Waals surface area (Å²) in [6.45, 7) is 5.85. The number of halogens is 1. The number of nitrogens with one attached hydrogen (secondary N) is 1. The van der Waals surface area contributed by atoms with Crippen LogP contribution in [-0.4, -0.2) is 15.0 Å². The molecule has 0 aliphatic heterocycles. The van der Waals surface area contributed by atoms with Gasteiger partial charge in [0.15, 0.2) is 0 Å². The lowest BCUT2D eigenvalue weighted by molar-refractivity contribution is 0.608. The lowest BCUT2D eigenvalue weighted by atomic mass is 10.1. The molecule has 2 rings (SSSR count). The molecule has 1 aromatic heterocycles. The topological polar surface area (TPSA) is 63.8 Å². The summed E-state index contributed by atoms with van der Waals surface area (Å²) in [4.78, 5) is 8.76. The van der Waals surface area contributed by atoms with Crippen molar-refractivity contribution < 1.29 is 4.39 Å². The standard InChI is InChI=1S/C15H17FN4S/c1-8-4-11(5-9(2)13(8)16)7-18-15-19-10(3)6-12(20-15)14(17)21/h4-6H,7H2,1-3H3,(H2,17,21)(H,18,19,20). The third kappa shape index (κ3) is 3.72. The summed E-state index contributed by atoms with van der Waals surface area (Å²) in [6, 6.07) is 5.35. The van der Waals surface area contributed by atoms with Crippen molar-refractivity contribution in [3.8, 4) is 0 Å². The highest BCUT2D eigenvalue weighted by molar-refractivity contribution is 7.80. The molecule has 1 heterocycles. The number of benzene rings is 1. The first-order chi connectivity index (χ1) is 9.86. The fourth-order valence-corrected chi connectivity index (χ4v) is 2.20. The number of hydrogen-bond acceptors (Lipinski definition) is 4. The van der Waals surface area contributed by atoms with Crippen LogP contribution in [0.1, 0.15) is 28.1 Å². The predicted octanol–water partition coefficient (Wildman–Crippen LogP) is 2.79. The minimum atomic E-state index is -0.165. The summed E-state index contributed by atoms with van der Waals surface area (Å²) in [5, 5.41) is 3.11. The van der Waals surface area contributed by atoms with Gasteiger partial charge >= 0.3 is 0 Å². The van der Waals surface area contributed by atoms with Gasteiger partial charge in [0.1, 0.15) is 16.5 Å². The SMILES string of the molecule is Cc1cc(C(N)=S)nc(NCc2cc(C)c(F)c(C)c2)n1. The van der Waals surface area contributed by atoms with E-state index in [1.807, 2.05) is 6.92 Å². The van der Waals surface area contributed by atoms with Gasteiger partial charge < -0.3 is 11.1 Å². The van der Waals surface area contributed by atoms with Crippen molar-refractivity contribution in [3.63, 3.8) is 0 Å². The Kier molecular flexibility index (Phi) is 4.47. The zero-order chi connectivity index (χ0) is 15.6. The molecule has 0 saturated carbocycles. The van der Waals surface area contributed by atoms with Crippen LogP contribution in [0.4, 0.5) is 10.3 Å². The normalized spacial score (nSPS) is 10.5. The van der Waals surface area contributed by atoms with Gasteiger partial charge in [0.2, 0.25) is 5.95 Å². The van der Waals surface area contributed by atoms with Crippen molar-refractivity contribution in [2.75, 3.05) is 5.32 Å². The highest BCUT2D eigenvalue weighted by atomic mass is 32.1. The maximum Gasteiger partial charge on any atom is 0.223 e. The van der Waals surface area contributed by atoms with Crippen molar-refractivity contribution >= 4 is 23.2 Å². The van der Waals surface area contributed by atoms with E-state index in [1.165, 1.54) is 0 Å². The van der Waals surface area contributed by atoms with Crippen LogP contribution in [0.2, 0.25) is 0 Å². The van der Waals surface area contributed by atoms with Gasteiger partial charge in [0.05, 0.1) is 0 Å². The largest absolute Gasteiger partial charge is 0.388 e. The maximum atomic E-state index is 13.6. The predicted molar refractivity (Wildman–Crippen MR) is 85.9 cm³/mol. The first-order valence-corrected chi connectivity index (χ1v) is 6.92. The van der Waals surface area contributed by atoms with E-state index in [2.05, 4.69) is 15.3 Å². The lowest BCUT2D eigenvalue weighted by Crippen LogP contribution is -2.14. The van der Waals surface area contributed by atoms with Crippen LogP contribution in [-0.2, 0) is 6.54 Å². The quantitative estimate of drug-likeness (QED) is 0.850. The van der Waals surface area contributed by atoms with E-state index in [9.17, 15) is 4.39 Å². The van der Waals surface area contributed by atoms with Gasteiger partial charge in [-0.15, -0.1) is 0 Å². The van der Waals surface area contributed by atoms with Crippen molar-refractivity contribution in [2.24, 2.45) is 5.73 Å². The van der Waals surface area contributed by atoms with Crippen LogP contribution in [0.5, 0.6) is 0 Å². The average molecular weight is 304 g/mol. The van der Waals surface area contributed by atoms with E-state index in [0.29, 0.717) is 29.3 Å². The van der Waals surface area contributed by atoms with E-state index in [-0.39, 0.29) is 10.8 Å². The van der Waals surface area contributed by atoms with E-state index in [0.717, 1.165) is 11.3 Å². The Bertz CT molecular complexity index is 677. The van der Waals surface area contributed by atoms with Crippen molar-refractivity contribution in [2.45, 2.75) is 27.3 Å². The molecule has 1 aromatic carbocycles. The Hall–Kier alpha value is -2.08. The molecule has 0 unspecified atom stereocenters. The summed E-state index contributed by atoms with van der Waals surface area (Å²) in [5.74, 6) is 0.291. The Morgan fingerprint density at radius 2 is 1.81 bits per heavy atom. The molecule has 0 aliphatic rings. The summed E-state index contributed by atoms with van der Waals surface area (Å²) in [5.41, 5.74) is 9.12. The zero-order valence-corrected chi connectivity index (χ0v) is 13.0. The van der Waals surface area contributed by atoms with E-state index in [4.69, 9.17) is 18.0 Å². The number of aryl methyl sites for hydroxylation is 3. The smallest absolute Gasteiger partial charge is 0.223 e. The van der Waals surface area contributed by atoms with Crippen LogP contribution in [0.15, 0.2) is 18.2 Å². The molecule has 0 spiro atoms. The van der Waals surface area contributed by atoms with Gasteiger partial charge in [-0.05, 0) is 43.5 Å². The molecule has 3 N–H and O–H groups in total. The van der Waals surface area contributed by atoms with E-state index in [1.54, 1.807) is 32.0 Å². The molecule has 0 aliphatic carbocycles. The molecule has 110 valence electrons. The monoisotopic (exact) mass is 304 g/mol. The third-order valence-corrected chi connectivity index (χ3v) is 3.26. The highest BCUT2D eigenvalue weighted by Gasteiger charge is 2.07. The van der Waals surface area contributed by atoms with Gasteiger partial charge in [-0.25, -0.2) is 14.4 Å². The van der Waals surface area contributed by atoms with Gasteiger partial charge in [-0.1, -0.05) is 24.4 Å². The summed E-state index contributed by atoms with van der Waals surface area (Å²) in [6.07, 6.45) is 0. The van der Waals surface area contributed by atoms with Gasteiger partial charge in [-0.2, -0.15) is 0 Å². The number of rotatable bonds is 4. The molecule has 0 atom stereocenters. The van der Waals surface area contributed by atoms with Crippen molar-refractivity contribution in [1.29, 1.82) is 0 Å². The maximum absolute atomic E-state index is 13.6. The van der Waals surface area contributed by atoms with Crippen LogP contribution < -0.4 is 11.1 Å². The second kappa shape index (κ2) is 6.13. The Morgan fingerprint density at radius 3 is 2.38 bits per heavy atom. The third-order valence-electron chi connectivity index (χ3n) is 3.05. The van der Waals surface area contributed by atoms with Crippen LogP contribution >= 0.6 is 12.2 Å². The zero-order valence-electron chi connectivity index (χ0n) is 12.2.